The number of carbonyl (C=O) groups is 1. The Labute approximate surface area is 121 Å². The maximum absolute atomic E-state index is 12.8. The summed E-state index contributed by atoms with van der Waals surface area (Å²) in [6, 6.07) is 7.80. The summed E-state index contributed by atoms with van der Waals surface area (Å²) in [6.07, 6.45) is -4.78. The van der Waals surface area contributed by atoms with Crippen molar-refractivity contribution in [1.82, 2.24) is 9.78 Å². The van der Waals surface area contributed by atoms with E-state index in [0.717, 1.165) is 4.68 Å². The van der Waals surface area contributed by atoms with E-state index in [9.17, 15) is 18.0 Å². The highest BCUT2D eigenvalue weighted by Crippen LogP contribution is 2.40. The van der Waals surface area contributed by atoms with E-state index >= 15 is 0 Å². The predicted molar refractivity (Wildman–Crippen MR) is 66.7 cm³/mol. The van der Waals surface area contributed by atoms with E-state index in [-0.39, 0.29) is 5.69 Å². The van der Waals surface area contributed by atoms with Gasteiger partial charge in [0.05, 0.1) is 5.69 Å². The number of carboxylic acids is 1. The maximum atomic E-state index is 12.8. The quantitative estimate of drug-likeness (QED) is 0.940. The second kappa shape index (κ2) is 5.65. The lowest BCUT2D eigenvalue weighted by atomic mass is 10.3. The summed E-state index contributed by atoms with van der Waals surface area (Å²) in [4.78, 5) is 10.5. The number of nitrogens with zero attached hydrogens (tertiary/aromatic N) is 2. The number of para-hydroxylation sites is 1. The molecule has 0 bridgehead atoms. The van der Waals surface area contributed by atoms with E-state index in [2.05, 4.69) is 5.10 Å². The van der Waals surface area contributed by atoms with Gasteiger partial charge in [-0.15, -0.1) is 0 Å². The van der Waals surface area contributed by atoms with Crippen LogP contribution in [0.4, 0.5) is 13.2 Å². The fourth-order valence-electron chi connectivity index (χ4n) is 1.56. The van der Waals surface area contributed by atoms with Crippen LogP contribution in [0.25, 0.3) is 5.69 Å². The van der Waals surface area contributed by atoms with Crippen LogP contribution in [0.1, 0.15) is 5.69 Å². The van der Waals surface area contributed by atoms with E-state index in [1.807, 2.05) is 0 Å². The van der Waals surface area contributed by atoms with Gasteiger partial charge in [0.25, 0.3) is 0 Å². The lowest BCUT2D eigenvalue weighted by Gasteiger charge is -2.07. The van der Waals surface area contributed by atoms with Crippen LogP contribution in [0.15, 0.2) is 30.3 Å². The molecule has 21 heavy (non-hydrogen) atoms. The Morgan fingerprint density at radius 2 is 1.95 bits per heavy atom. The molecule has 0 saturated heterocycles. The Hall–Kier alpha value is -2.22. The Morgan fingerprint density at radius 3 is 2.48 bits per heavy atom. The standard InChI is InChI=1S/C12H8ClF3N2O3/c13-9-10(12(14,15)16)17-18(7-4-2-1-3-5-7)11(9)21-6-8(19)20/h1-5H,6H2,(H,19,20). The Balaban J connectivity index is 2.54. The van der Waals surface area contributed by atoms with Crippen molar-refractivity contribution in [2.45, 2.75) is 6.18 Å². The number of rotatable bonds is 4. The van der Waals surface area contributed by atoms with Gasteiger partial charge < -0.3 is 9.84 Å². The molecule has 0 aliphatic carbocycles. The van der Waals surface area contributed by atoms with Gasteiger partial charge >= 0.3 is 12.1 Å². The number of alkyl halides is 3. The van der Waals surface area contributed by atoms with Crippen molar-refractivity contribution in [1.29, 1.82) is 0 Å². The van der Waals surface area contributed by atoms with Gasteiger partial charge in [0.2, 0.25) is 5.88 Å². The SMILES string of the molecule is O=C(O)COc1c(Cl)c(C(F)(F)F)nn1-c1ccccc1. The molecule has 0 radical (unpaired) electrons. The third-order valence-electron chi connectivity index (χ3n) is 2.39. The Morgan fingerprint density at radius 1 is 1.33 bits per heavy atom. The van der Waals surface area contributed by atoms with Crippen molar-refractivity contribution in [2.75, 3.05) is 6.61 Å². The van der Waals surface area contributed by atoms with E-state index in [4.69, 9.17) is 21.4 Å². The number of carboxylic acid groups (broad SMARTS) is 1. The maximum Gasteiger partial charge on any atom is 0.436 e. The molecule has 0 fully saturated rings. The topological polar surface area (TPSA) is 64.3 Å². The van der Waals surface area contributed by atoms with Gasteiger partial charge in [0, 0.05) is 0 Å². The number of hydrogen-bond acceptors (Lipinski definition) is 3. The highest BCUT2D eigenvalue weighted by Gasteiger charge is 2.40. The van der Waals surface area contributed by atoms with E-state index in [1.165, 1.54) is 12.1 Å². The van der Waals surface area contributed by atoms with Gasteiger partial charge in [-0.05, 0) is 12.1 Å². The predicted octanol–water partition coefficient (Wildman–Crippen LogP) is 3.01. The molecule has 1 heterocycles. The van der Waals surface area contributed by atoms with Crippen molar-refractivity contribution in [3.8, 4) is 11.6 Å². The van der Waals surface area contributed by atoms with Crippen LogP contribution in [-0.2, 0) is 11.0 Å². The van der Waals surface area contributed by atoms with Crippen LogP contribution >= 0.6 is 11.6 Å². The fraction of sp³-hybridized carbons (Fsp3) is 0.167. The molecule has 1 aromatic carbocycles. The van der Waals surface area contributed by atoms with E-state index in [1.54, 1.807) is 18.2 Å². The van der Waals surface area contributed by atoms with Crippen molar-refractivity contribution in [3.63, 3.8) is 0 Å². The number of ether oxygens (including phenoxy) is 1. The highest BCUT2D eigenvalue weighted by molar-refractivity contribution is 6.32. The average Bonchev–Trinajstić information content (AvgIpc) is 2.74. The van der Waals surface area contributed by atoms with Gasteiger partial charge in [0.1, 0.15) is 5.02 Å². The third kappa shape index (κ3) is 3.27. The molecule has 0 aliphatic heterocycles. The molecule has 0 spiro atoms. The van der Waals surface area contributed by atoms with Crippen LogP contribution < -0.4 is 4.74 Å². The number of hydrogen-bond donors (Lipinski definition) is 1. The van der Waals surface area contributed by atoms with E-state index < -0.39 is 35.3 Å². The van der Waals surface area contributed by atoms with E-state index in [0.29, 0.717) is 0 Å². The molecule has 0 unspecified atom stereocenters. The highest BCUT2D eigenvalue weighted by atomic mass is 35.5. The first-order valence-corrected chi connectivity index (χ1v) is 5.94. The summed E-state index contributed by atoms with van der Waals surface area (Å²) in [7, 11) is 0. The van der Waals surface area contributed by atoms with Gasteiger partial charge in [0.15, 0.2) is 12.3 Å². The Bertz CT molecular complexity index is 656. The summed E-state index contributed by atoms with van der Waals surface area (Å²) in [6.45, 7) is -0.838. The van der Waals surface area contributed by atoms with Crippen LogP contribution in [0, 0.1) is 0 Å². The zero-order chi connectivity index (χ0) is 15.6. The van der Waals surface area contributed by atoms with Crippen molar-refractivity contribution in [3.05, 3.63) is 41.0 Å². The van der Waals surface area contributed by atoms with Crippen LogP contribution in [-0.4, -0.2) is 27.5 Å². The second-order valence-corrected chi connectivity index (χ2v) is 4.27. The minimum atomic E-state index is -4.78. The third-order valence-corrected chi connectivity index (χ3v) is 2.73. The zero-order valence-electron chi connectivity index (χ0n) is 10.3. The largest absolute Gasteiger partial charge is 0.479 e. The number of aliphatic carboxylic acids is 1. The summed E-state index contributed by atoms with van der Waals surface area (Å²) in [5, 5.41) is 11.2. The summed E-state index contributed by atoms with van der Waals surface area (Å²) in [5.74, 6) is -1.82. The monoisotopic (exact) mass is 320 g/mol. The molecule has 112 valence electrons. The summed E-state index contributed by atoms with van der Waals surface area (Å²) < 4.78 is 44.1. The van der Waals surface area contributed by atoms with Crippen LogP contribution in [0.5, 0.6) is 5.88 Å². The minimum Gasteiger partial charge on any atom is -0.479 e. The fourth-order valence-corrected chi connectivity index (χ4v) is 1.84. The first-order valence-electron chi connectivity index (χ1n) is 5.56. The molecule has 2 aromatic rings. The second-order valence-electron chi connectivity index (χ2n) is 3.90. The molecule has 0 aliphatic rings. The molecule has 1 N–H and O–H groups in total. The lowest BCUT2D eigenvalue weighted by Crippen LogP contribution is -2.12. The molecular formula is C12H8ClF3N2O3. The number of benzene rings is 1. The molecule has 0 amide bonds. The summed E-state index contributed by atoms with van der Waals surface area (Å²) in [5.41, 5.74) is -1.08. The van der Waals surface area contributed by atoms with Crippen molar-refractivity contribution >= 4 is 17.6 Å². The van der Waals surface area contributed by atoms with Crippen LogP contribution in [0.3, 0.4) is 0 Å². The van der Waals surface area contributed by atoms with Gasteiger partial charge in [-0.1, -0.05) is 29.8 Å². The molecule has 5 nitrogen and oxygen atoms in total. The minimum absolute atomic E-state index is 0.260. The molecule has 0 saturated carbocycles. The summed E-state index contributed by atoms with van der Waals surface area (Å²) >= 11 is 5.63. The van der Waals surface area contributed by atoms with Crippen molar-refractivity contribution in [2.24, 2.45) is 0 Å². The van der Waals surface area contributed by atoms with Gasteiger partial charge in [-0.3, -0.25) is 0 Å². The number of halogens is 4. The van der Waals surface area contributed by atoms with Gasteiger partial charge in [-0.2, -0.15) is 23.0 Å². The van der Waals surface area contributed by atoms with Crippen LogP contribution in [0.2, 0.25) is 5.02 Å². The average molecular weight is 321 g/mol. The van der Waals surface area contributed by atoms with Crippen molar-refractivity contribution < 1.29 is 27.8 Å². The molecule has 0 atom stereocenters. The van der Waals surface area contributed by atoms with Gasteiger partial charge in [-0.25, -0.2) is 4.79 Å². The molecule has 2 rings (SSSR count). The molecular weight excluding hydrogens is 313 g/mol. The molecule has 9 heteroatoms. The lowest BCUT2D eigenvalue weighted by molar-refractivity contribution is -0.141. The smallest absolute Gasteiger partial charge is 0.436 e. The zero-order valence-corrected chi connectivity index (χ0v) is 11.0. The normalized spacial score (nSPS) is 11.4. The first-order chi connectivity index (χ1) is 9.80. The Kier molecular flexibility index (Phi) is 4.08. The first kappa shape index (κ1) is 15.2. The molecule has 1 aromatic heterocycles. The number of aromatic nitrogens is 2.